The molecule has 1 fully saturated rings. The number of amides is 1. The predicted octanol–water partition coefficient (Wildman–Crippen LogP) is 6.09. The summed E-state index contributed by atoms with van der Waals surface area (Å²) in [6.07, 6.45) is 2.91. The Morgan fingerprint density at radius 1 is 1.00 bits per heavy atom. The SMILES string of the molecule is COc1cc(CC2SC(=S)NC2=O)cc(-c2cc3c(cc2C)C(C)(C)CCC3(C)C)c1OC. The molecular formula is C27H33NO3S2. The first-order chi connectivity index (χ1) is 15.5. The second kappa shape index (κ2) is 8.62. The van der Waals surface area contributed by atoms with Gasteiger partial charge in [-0.15, -0.1) is 0 Å². The summed E-state index contributed by atoms with van der Waals surface area (Å²) in [6.45, 7) is 11.5. The van der Waals surface area contributed by atoms with Gasteiger partial charge in [0.2, 0.25) is 5.91 Å². The van der Waals surface area contributed by atoms with Gasteiger partial charge in [0.1, 0.15) is 4.32 Å². The van der Waals surface area contributed by atoms with Crippen molar-refractivity contribution in [1.29, 1.82) is 0 Å². The third-order valence-corrected chi connectivity index (χ3v) is 8.59. The summed E-state index contributed by atoms with van der Waals surface area (Å²) < 4.78 is 12.1. The maximum absolute atomic E-state index is 12.3. The first-order valence-corrected chi connectivity index (χ1v) is 12.7. The number of carbonyl (C=O) groups excluding carboxylic acids is 1. The van der Waals surface area contributed by atoms with Crippen molar-refractivity contribution < 1.29 is 14.3 Å². The fourth-order valence-corrected chi connectivity index (χ4v) is 6.40. The number of carbonyl (C=O) groups is 1. The van der Waals surface area contributed by atoms with Gasteiger partial charge in [-0.1, -0.05) is 57.7 Å². The van der Waals surface area contributed by atoms with Crippen molar-refractivity contribution in [3.63, 3.8) is 0 Å². The molecule has 2 aromatic rings. The first-order valence-electron chi connectivity index (χ1n) is 11.4. The van der Waals surface area contributed by atoms with Gasteiger partial charge in [0.25, 0.3) is 0 Å². The third kappa shape index (κ3) is 4.40. The van der Waals surface area contributed by atoms with Crippen LogP contribution in [0.25, 0.3) is 11.1 Å². The van der Waals surface area contributed by atoms with E-state index < -0.39 is 0 Å². The Balaban J connectivity index is 1.88. The highest BCUT2D eigenvalue weighted by Gasteiger charge is 2.38. The normalized spacial score (nSPS) is 20.9. The maximum Gasteiger partial charge on any atom is 0.239 e. The summed E-state index contributed by atoms with van der Waals surface area (Å²) in [5.41, 5.74) is 7.49. The van der Waals surface area contributed by atoms with E-state index in [0.29, 0.717) is 16.5 Å². The van der Waals surface area contributed by atoms with Crippen molar-refractivity contribution in [2.24, 2.45) is 0 Å². The van der Waals surface area contributed by atoms with E-state index in [4.69, 9.17) is 21.7 Å². The van der Waals surface area contributed by atoms with Crippen LogP contribution in [0.1, 0.15) is 62.8 Å². The Morgan fingerprint density at radius 2 is 1.64 bits per heavy atom. The molecule has 0 radical (unpaired) electrons. The number of rotatable bonds is 5. The highest BCUT2D eigenvalue weighted by Crippen LogP contribution is 2.49. The predicted molar refractivity (Wildman–Crippen MR) is 141 cm³/mol. The van der Waals surface area contributed by atoms with Gasteiger partial charge >= 0.3 is 0 Å². The molecule has 0 bridgehead atoms. The molecule has 4 rings (SSSR count). The van der Waals surface area contributed by atoms with Crippen LogP contribution in [0.15, 0.2) is 24.3 Å². The number of hydrogen-bond acceptors (Lipinski definition) is 5. The summed E-state index contributed by atoms with van der Waals surface area (Å²) in [4.78, 5) is 12.3. The molecule has 2 aliphatic rings. The number of fused-ring (bicyclic) bond motifs is 1. The zero-order valence-electron chi connectivity index (χ0n) is 20.5. The quantitative estimate of drug-likeness (QED) is 0.522. The lowest BCUT2D eigenvalue weighted by Gasteiger charge is -2.42. The molecular weight excluding hydrogens is 450 g/mol. The third-order valence-electron chi connectivity index (χ3n) is 7.21. The Kier molecular flexibility index (Phi) is 6.29. The second-order valence-electron chi connectivity index (χ2n) is 10.4. The van der Waals surface area contributed by atoms with E-state index in [1.165, 1.54) is 34.9 Å². The molecule has 1 aliphatic heterocycles. The summed E-state index contributed by atoms with van der Waals surface area (Å²) >= 11 is 6.59. The van der Waals surface area contributed by atoms with Crippen LogP contribution in [0.4, 0.5) is 0 Å². The molecule has 1 saturated heterocycles. The van der Waals surface area contributed by atoms with Crippen molar-refractivity contribution in [2.45, 2.75) is 70.0 Å². The van der Waals surface area contributed by atoms with Crippen LogP contribution in [-0.2, 0) is 22.0 Å². The molecule has 176 valence electrons. The Hall–Kier alpha value is -2.05. The molecule has 0 spiro atoms. The van der Waals surface area contributed by atoms with Gasteiger partial charge in [0, 0.05) is 5.56 Å². The standard InChI is InChI=1S/C27H33NO3S2/c1-15-10-19-20(27(4,5)9-8-26(19,2)3)14-17(15)18-11-16(12-21(30-6)23(18)31-7)13-22-24(29)28-25(32)33-22/h10-12,14,22H,8-9,13H2,1-7H3,(H,28,29,32). The van der Waals surface area contributed by atoms with Crippen LogP contribution in [0.5, 0.6) is 11.5 Å². The van der Waals surface area contributed by atoms with E-state index in [-0.39, 0.29) is 22.0 Å². The number of ether oxygens (including phenoxy) is 2. The van der Waals surface area contributed by atoms with E-state index in [9.17, 15) is 4.79 Å². The van der Waals surface area contributed by atoms with Crippen molar-refractivity contribution in [3.8, 4) is 22.6 Å². The lowest BCUT2D eigenvalue weighted by Crippen LogP contribution is -2.34. The van der Waals surface area contributed by atoms with E-state index in [1.807, 2.05) is 6.07 Å². The minimum absolute atomic E-state index is 0.0322. The van der Waals surface area contributed by atoms with Crippen molar-refractivity contribution in [2.75, 3.05) is 14.2 Å². The molecule has 2 aromatic carbocycles. The topological polar surface area (TPSA) is 47.6 Å². The number of aryl methyl sites for hydroxylation is 1. The highest BCUT2D eigenvalue weighted by molar-refractivity contribution is 8.24. The molecule has 4 nitrogen and oxygen atoms in total. The largest absolute Gasteiger partial charge is 0.493 e. The van der Waals surface area contributed by atoms with E-state index >= 15 is 0 Å². The van der Waals surface area contributed by atoms with E-state index in [0.717, 1.165) is 28.9 Å². The van der Waals surface area contributed by atoms with Crippen LogP contribution in [0.2, 0.25) is 0 Å². The number of hydrogen-bond donors (Lipinski definition) is 1. The minimum atomic E-state index is -0.229. The summed E-state index contributed by atoms with van der Waals surface area (Å²) in [6, 6.07) is 8.84. The van der Waals surface area contributed by atoms with Crippen molar-refractivity contribution in [3.05, 3.63) is 46.5 Å². The van der Waals surface area contributed by atoms with Crippen molar-refractivity contribution in [1.82, 2.24) is 5.32 Å². The first kappa shape index (κ1) is 24.1. The van der Waals surface area contributed by atoms with Crippen LogP contribution >= 0.6 is 24.0 Å². The van der Waals surface area contributed by atoms with Crippen molar-refractivity contribution >= 4 is 34.2 Å². The molecule has 0 aromatic heterocycles. The average Bonchev–Trinajstić information content (AvgIpc) is 3.07. The van der Waals surface area contributed by atoms with Crippen LogP contribution in [0.3, 0.4) is 0 Å². The van der Waals surface area contributed by atoms with Gasteiger partial charge in [0.05, 0.1) is 19.5 Å². The zero-order valence-corrected chi connectivity index (χ0v) is 22.2. The van der Waals surface area contributed by atoms with Gasteiger partial charge in [0.15, 0.2) is 11.5 Å². The maximum atomic E-state index is 12.3. The lowest BCUT2D eigenvalue weighted by molar-refractivity contribution is -0.118. The Labute approximate surface area is 206 Å². The molecule has 1 amide bonds. The number of methoxy groups -OCH3 is 2. The number of benzene rings is 2. The molecule has 1 atom stereocenters. The molecule has 1 unspecified atom stereocenters. The second-order valence-corrected chi connectivity index (χ2v) is 12.3. The number of thiocarbonyl (C=S) groups is 1. The molecule has 1 N–H and O–H groups in total. The fourth-order valence-electron chi connectivity index (χ4n) is 5.09. The Bertz CT molecular complexity index is 1140. The molecule has 0 saturated carbocycles. The number of nitrogens with one attached hydrogen (secondary N) is 1. The van der Waals surface area contributed by atoms with Gasteiger partial charge in [-0.3, -0.25) is 4.79 Å². The summed E-state index contributed by atoms with van der Waals surface area (Å²) in [5, 5.41) is 2.52. The van der Waals surface area contributed by atoms with E-state index in [1.54, 1.807) is 14.2 Å². The molecule has 6 heteroatoms. The van der Waals surface area contributed by atoms with E-state index in [2.05, 4.69) is 58.1 Å². The molecule has 1 aliphatic carbocycles. The Morgan fingerprint density at radius 3 is 2.18 bits per heavy atom. The van der Waals surface area contributed by atoms with Crippen LogP contribution < -0.4 is 14.8 Å². The fraction of sp³-hybridized carbons (Fsp3) is 0.481. The summed E-state index contributed by atoms with van der Waals surface area (Å²) in [7, 11) is 3.34. The van der Waals surface area contributed by atoms with Crippen LogP contribution in [-0.4, -0.2) is 29.7 Å². The minimum Gasteiger partial charge on any atom is -0.493 e. The molecule has 33 heavy (non-hydrogen) atoms. The monoisotopic (exact) mass is 483 g/mol. The van der Waals surface area contributed by atoms with Gasteiger partial charge in [-0.25, -0.2) is 0 Å². The lowest BCUT2D eigenvalue weighted by atomic mass is 9.62. The number of thioether (sulfide) groups is 1. The van der Waals surface area contributed by atoms with Gasteiger partial charge in [-0.05, 0) is 83.0 Å². The van der Waals surface area contributed by atoms with Crippen LogP contribution in [0, 0.1) is 6.92 Å². The van der Waals surface area contributed by atoms with Gasteiger partial charge in [-0.2, -0.15) is 0 Å². The smallest absolute Gasteiger partial charge is 0.239 e. The zero-order chi connectivity index (χ0) is 24.1. The highest BCUT2D eigenvalue weighted by atomic mass is 32.2. The van der Waals surface area contributed by atoms with Gasteiger partial charge < -0.3 is 14.8 Å². The average molecular weight is 484 g/mol. The summed E-state index contributed by atoms with van der Waals surface area (Å²) in [5.74, 6) is 1.36. The molecule has 1 heterocycles.